The summed E-state index contributed by atoms with van der Waals surface area (Å²) in [6, 6.07) is 22.9. The Morgan fingerprint density at radius 2 is 1.73 bits per heavy atom. The van der Waals surface area contributed by atoms with Crippen molar-refractivity contribution in [2.45, 2.75) is 4.90 Å². The van der Waals surface area contributed by atoms with Crippen molar-refractivity contribution in [1.82, 2.24) is 4.98 Å². The van der Waals surface area contributed by atoms with Gasteiger partial charge in [-0.2, -0.15) is 0 Å². The van der Waals surface area contributed by atoms with E-state index in [-0.39, 0.29) is 11.5 Å². The van der Waals surface area contributed by atoms with E-state index in [2.05, 4.69) is 10.3 Å². The van der Waals surface area contributed by atoms with Crippen LogP contribution in [0.25, 0.3) is 22.4 Å². The van der Waals surface area contributed by atoms with Gasteiger partial charge in [0, 0.05) is 27.9 Å². The molecule has 1 amide bonds. The van der Waals surface area contributed by atoms with E-state index in [0.717, 1.165) is 21.6 Å². The molecule has 3 aromatic carbocycles. The fourth-order valence-electron chi connectivity index (χ4n) is 3.40. The predicted molar refractivity (Wildman–Crippen MR) is 133 cm³/mol. The molecular weight excluding hydrogens is 456 g/mol. The number of carbonyl (C=O) groups excluding carboxylic acids is 1. The van der Waals surface area contributed by atoms with Crippen molar-refractivity contribution in [3.05, 3.63) is 101 Å². The van der Waals surface area contributed by atoms with Crippen molar-refractivity contribution in [3.8, 4) is 22.4 Å². The number of hydrogen-bond donors (Lipinski definition) is 2. The minimum Gasteiger partial charge on any atom is -0.478 e. The second kappa shape index (κ2) is 9.90. The molecule has 0 aliphatic heterocycles. The van der Waals surface area contributed by atoms with Crippen LogP contribution in [0.4, 0.5) is 5.69 Å². The van der Waals surface area contributed by atoms with E-state index in [1.54, 1.807) is 54.4 Å². The molecule has 0 saturated heterocycles. The summed E-state index contributed by atoms with van der Waals surface area (Å²) in [4.78, 5) is 29.8. The predicted octanol–water partition coefficient (Wildman–Crippen LogP) is 6.74. The molecule has 1 heterocycles. The van der Waals surface area contributed by atoms with Gasteiger partial charge in [0.2, 0.25) is 0 Å². The molecule has 0 atom stereocenters. The van der Waals surface area contributed by atoms with Crippen LogP contribution >= 0.6 is 23.4 Å². The Bertz CT molecular complexity index is 1330. The second-order valence-corrected chi connectivity index (χ2v) is 8.44. The molecule has 0 bridgehead atoms. The third-order valence-corrected chi connectivity index (χ3v) is 6.13. The van der Waals surface area contributed by atoms with Crippen LogP contribution in [-0.2, 0) is 0 Å². The van der Waals surface area contributed by atoms with Crippen molar-refractivity contribution >= 4 is 40.9 Å². The van der Waals surface area contributed by atoms with E-state index in [1.165, 1.54) is 12.1 Å². The van der Waals surface area contributed by atoms with Gasteiger partial charge in [0.05, 0.1) is 16.3 Å². The number of nitrogens with zero attached hydrogens (tertiary/aromatic N) is 1. The van der Waals surface area contributed by atoms with Crippen molar-refractivity contribution in [2.24, 2.45) is 0 Å². The smallest absolute Gasteiger partial charge is 0.335 e. The van der Waals surface area contributed by atoms with Gasteiger partial charge >= 0.3 is 5.97 Å². The lowest BCUT2D eigenvalue weighted by Gasteiger charge is -2.13. The monoisotopic (exact) mass is 474 g/mol. The molecule has 1 aromatic heterocycles. The number of nitrogens with one attached hydrogen (secondary N) is 1. The highest BCUT2D eigenvalue weighted by atomic mass is 35.5. The molecule has 2 N–H and O–H groups in total. The number of thioether (sulfide) groups is 1. The molecule has 0 radical (unpaired) electrons. The molecule has 0 fully saturated rings. The molecule has 0 aliphatic carbocycles. The topological polar surface area (TPSA) is 79.3 Å². The number of carboxylic acid groups (broad SMARTS) is 1. The highest BCUT2D eigenvalue weighted by Crippen LogP contribution is 2.32. The van der Waals surface area contributed by atoms with Gasteiger partial charge in [0.1, 0.15) is 0 Å². The van der Waals surface area contributed by atoms with Crippen LogP contribution < -0.4 is 5.32 Å². The van der Waals surface area contributed by atoms with E-state index < -0.39 is 5.97 Å². The molecular formula is C26H19ClN2O3S. The summed E-state index contributed by atoms with van der Waals surface area (Å²) in [6.45, 7) is 0. The Balaban J connectivity index is 1.68. The van der Waals surface area contributed by atoms with Gasteiger partial charge in [-0.3, -0.25) is 9.78 Å². The first kappa shape index (κ1) is 22.6. The Morgan fingerprint density at radius 1 is 0.939 bits per heavy atom. The quantitative estimate of drug-likeness (QED) is 0.302. The van der Waals surface area contributed by atoms with Crippen LogP contribution in [0, 0.1) is 0 Å². The Labute approximate surface area is 200 Å². The van der Waals surface area contributed by atoms with Crippen LogP contribution in [0.5, 0.6) is 0 Å². The number of benzene rings is 3. The fraction of sp³-hybridized carbons (Fsp3) is 0.0385. The van der Waals surface area contributed by atoms with E-state index in [1.807, 2.05) is 36.6 Å². The van der Waals surface area contributed by atoms with Crippen molar-refractivity contribution in [1.29, 1.82) is 0 Å². The summed E-state index contributed by atoms with van der Waals surface area (Å²) in [6.07, 6.45) is 3.64. The third kappa shape index (κ3) is 5.08. The van der Waals surface area contributed by atoms with Crippen LogP contribution in [0.2, 0.25) is 5.02 Å². The van der Waals surface area contributed by atoms with Crippen LogP contribution in [-0.4, -0.2) is 28.2 Å². The first-order chi connectivity index (χ1) is 16.0. The molecule has 0 aliphatic rings. The lowest BCUT2D eigenvalue weighted by atomic mass is 9.98. The SMILES string of the molecule is CSc1ccc(C(=O)Nc2ccc(Cl)c(-c3ccccn3)c2)c(-c2ccc(C(=O)O)cc2)c1. The summed E-state index contributed by atoms with van der Waals surface area (Å²) in [5.41, 5.74) is 4.16. The molecule has 164 valence electrons. The van der Waals surface area contributed by atoms with Crippen molar-refractivity contribution in [3.63, 3.8) is 0 Å². The highest BCUT2D eigenvalue weighted by molar-refractivity contribution is 7.98. The lowest BCUT2D eigenvalue weighted by molar-refractivity contribution is 0.0696. The molecule has 0 saturated carbocycles. The van der Waals surface area contributed by atoms with E-state index in [0.29, 0.717) is 22.0 Å². The number of hydrogen-bond acceptors (Lipinski definition) is 4. The van der Waals surface area contributed by atoms with Crippen LogP contribution in [0.15, 0.2) is 90.0 Å². The Kier molecular flexibility index (Phi) is 6.77. The zero-order valence-corrected chi connectivity index (χ0v) is 19.2. The number of aromatic carboxylic acids is 1. The minimum absolute atomic E-state index is 0.189. The van der Waals surface area contributed by atoms with Gasteiger partial charge in [-0.25, -0.2) is 4.79 Å². The number of rotatable bonds is 6. The molecule has 0 unspecified atom stereocenters. The van der Waals surface area contributed by atoms with Crippen LogP contribution in [0.1, 0.15) is 20.7 Å². The summed E-state index contributed by atoms with van der Waals surface area (Å²) in [5.74, 6) is -1.28. The number of amides is 1. The van der Waals surface area contributed by atoms with Crippen molar-refractivity contribution in [2.75, 3.05) is 11.6 Å². The molecule has 33 heavy (non-hydrogen) atoms. The summed E-state index contributed by atoms with van der Waals surface area (Å²) < 4.78 is 0. The van der Waals surface area contributed by atoms with Gasteiger partial charge in [-0.1, -0.05) is 29.8 Å². The molecule has 5 nitrogen and oxygen atoms in total. The van der Waals surface area contributed by atoms with Gasteiger partial charge in [-0.15, -0.1) is 11.8 Å². The van der Waals surface area contributed by atoms with E-state index in [9.17, 15) is 14.7 Å². The Hall–Kier alpha value is -3.61. The molecule has 4 rings (SSSR count). The number of anilines is 1. The fourth-order valence-corrected chi connectivity index (χ4v) is 4.05. The molecule has 7 heteroatoms. The molecule has 4 aromatic rings. The minimum atomic E-state index is -0.996. The van der Waals surface area contributed by atoms with Crippen LogP contribution in [0.3, 0.4) is 0 Å². The number of aromatic nitrogens is 1. The zero-order chi connectivity index (χ0) is 23.4. The first-order valence-electron chi connectivity index (χ1n) is 10.0. The number of halogens is 1. The lowest BCUT2D eigenvalue weighted by Crippen LogP contribution is -2.13. The van der Waals surface area contributed by atoms with E-state index >= 15 is 0 Å². The molecule has 0 spiro atoms. The second-order valence-electron chi connectivity index (χ2n) is 7.16. The summed E-state index contributed by atoms with van der Waals surface area (Å²) in [7, 11) is 0. The maximum absolute atomic E-state index is 13.3. The van der Waals surface area contributed by atoms with E-state index in [4.69, 9.17) is 11.6 Å². The zero-order valence-electron chi connectivity index (χ0n) is 17.6. The standard InChI is InChI=1S/C26H19ClN2O3S/c1-33-19-10-11-20(21(15-19)16-5-7-17(8-6-16)26(31)32)25(30)29-18-9-12-23(27)22(14-18)24-4-2-3-13-28-24/h2-15H,1H3,(H,29,30)(H,31,32). The maximum atomic E-state index is 13.3. The average Bonchev–Trinajstić information content (AvgIpc) is 2.85. The van der Waals surface area contributed by atoms with Gasteiger partial charge in [0.25, 0.3) is 5.91 Å². The number of pyridine rings is 1. The van der Waals surface area contributed by atoms with Crippen molar-refractivity contribution < 1.29 is 14.7 Å². The number of carbonyl (C=O) groups is 2. The summed E-state index contributed by atoms with van der Waals surface area (Å²) >= 11 is 7.92. The van der Waals surface area contributed by atoms with Gasteiger partial charge < -0.3 is 10.4 Å². The normalized spacial score (nSPS) is 10.6. The summed E-state index contributed by atoms with van der Waals surface area (Å²) in [5, 5.41) is 12.7. The maximum Gasteiger partial charge on any atom is 0.335 e. The largest absolute Gasteiger partial charge is 0.478 e. The highest BCUT2D eigenvalue weighted by Gasteiger charge is 2.16. The Morgan fingerprint density at radius 3 is 2.39 bits per heavy atom. The third-order valence-electron chi connectivity index (χ3n) is 5.08. The first-order valence-corrected chi connectivity index (χ1v) is 11.6. The number of carboxylic acids is 1. The van der Waals surface area contributed by atoms with Gasteiger partial charge in [-0.05, 0) is 78.0 Å². The average molecular weight is 475 g/mol. The van der Waals surface area contributed by atoms with Gasteiger partial charge in [0.15, 0.2) is 0 Å².